The molecular weight excluding hydrogens is 1210 g/mol. The maximum Gasteiger partial charge on any atom is 0.212 e. The van der Waals surface area contributed by atoms with Gasteiger partial charge in [-0.25, -0.2) is 28.7 Å². The molecule has 15 rings (SSSR count). The van der Waals surface area contributed by atoms with E-state index in [-0.39, 0.29) is 0 Å². The van der Waals surface area contributed by atoms with Crippen molar-refractivity contribution in [2.45, 2.75) is 83.1 Å². The van der Waals surface area contributed by atoms with Gasteiger partial charge in [-0.3, -0.25) is 0 Å². The lowest BCUT2D eigenvalue weighted by Crippen LogP contribution is -2.30. The molecule has 9 heteroatoms. The zero-order chi connectivity index (χ0) is 69.8. The van der Waals surface area contributed by atoms with Crippen LogP contribution in [0.5, 0.6) is 0 Å². The fourth-order valence-electron chi connectivity index (χ4n) is 15.3. The molecule has 6 heterocycles. The maximum absolute atomic E-state index is 5.26. The molecule has 15 aromatic rings. The van der Waals surface area contributed by atoms with Crippen LogP contribution in [0.25, 0.3) is 134 Å². The van der Waals surface area contributed by atoms with Gasteiger partial charge in [0.25, 0.3) is 0 Å². The molecule has 0 saturated heterocycles. The zero-order valence-corrected chi connectivity index (χ0v) is 60.8. The number of aryl methyl sites for hydroxylation is 15. The van der Waals surface area contributed by atoms with E-state index in [1.165, 1.54) is 162 Å². The van der Waals surface area contributed by atoms with E-state index >= 15 is 0 Å². The Morgan fingerprint density at radius 2 is 0.657 bits per heavy atom. The van der Waals surface area contributed by atoms with Gasteiger partial charge in [-0.2, -0.15) is 0 Å². The monoisotopic (exact) mass is 1300 g/mol. The summed E-state index contributed by atoms with van der Waals surface area (Å²) in [5.41, 5.74) is 40.2. The van der Waals surface area contributed by atoms with Crippen molar-refractivity contribution in [1.29, 1.82) is 0 Å². The molecule has 9 nitrogen and oxygen atoms in total. The Bertz CT molecular complexity index is 5620. The Hall–Kier alpha value is -11.2. The Labute approximate surface area is 584 Å². The number of imidazole rings is 3. The average Bonchev–Trinajstić information content (AvgIpc) is 1.65. The minimum absolute atomic E-state index is 1.00. The second-order valence-corrected chi connectivity index (χ2v) is 27.3. The Kier molecular flexibility index (Phi) is 18.1. The number of benzene rings is 9. The molecule has 0 atom stereocenters. The lowest BCUT2D eigenvalue weighted by atomic mass is 9.89. The van der Waals surface area contributed by atoms with Crippen molar-refractivity contribution in [1.82, 2.24) is 28.7 Å². The molecule has 0 spiro atoms. The molecule has 0 aliphatic heterocycles. The summed E-state index contributed by atoms with van der Waals surface area (Å²) in [5, 5.41) is 0. The number of rotatable bonds is 9. The van der Waals surface area contributed by atoms with E-state index in [1.54, 1.807) is 0 Å². The highest BCUT2D eigenvalue weighted by molar-refractivity contribution is 5.98. The molecule has 492 valence electrons. The number of pyridine rings is 3. The van der Waals surface area contributed by atoms with Crippen LogP contribution in [0.3, 0.4) is 0 Å². The number of aromatic nitrogens is 9. The number of nitrogens with zero attached hydrogens (tertiary/aromatic N) is 9. The van der Waals surface area contributed by atoms with Crippen molar-refractivity contribution >= 4 is 33.1 Å². The molecule has 0 radical (unpaired) electrons. The molecular formula is C90H90N9+3. The normalized spacial score (nSPS) is 11.3. The quantitative estimate of drug-likeness (QED) is 0.135. The lowest BCUT2D eigenvalue weighted by molar-refractivity contribution is -0.660. The molecule has 99 heavy (non-hydrogen) atoms. The first-order chi connectivity index (χ1) is 47.6. The molecule has 0 fully saturated rings. The summed E-state index contributed by atoms with van der Waals surface area (Å²) < 4.78 is 13.3. The van der Waals surface area contributed by atoms with Gasteiger partial charge in [0.15, 0.2) is 18.6 Å². The van der Waals surface area contributed by atoms with E-state index in [1.807, 2.05) is 0 Å². The fourth-order valence-corrected chi connectivity index (χ4v) is 15.3. The fraction of sp³-hybridized carbons (Fsp3) is 0.200. The van der Waals surface area contributed by atoms with Crippen LogP contribution in [0.2, 0.25) is 0 Å². The molecule has 9 aromatic carbocycles. The number of fused-ring (bicyclic) bond motifs is 3. The van der Waals surface area contributed by atoms with E-state index in [0.717, 1.165) is 39.5 Å². The molecule has 0 aliphatic carbocycles. The van der Waals surface area contributed by atoms with Crippen molar-refractivity contribution in [2.75, 3.05) is 0 Å². The second kappa shape index (κ2) is 27.0. The van der Waals surface area contributed by atoms with Gasteiger partial charge in [-0.1, -0.05) is 97.1 Å². The highest BCUT2D eigenvalue weighted by atomic mass is 15.1. The molecule has 0 bridgehead atoms. The van der Waals surface area contributed by atoms with Gasteiger partial charge in [0.2, 0.25) is 17.1 Å². The van der Waals surface area contributed by atoms with Crippen LogP contribution in [-0.2, 0) is 42.3 Å². The Morgan fingerprint density at radius 1 is 0.263 bits per heavy atom. The Morgan fingerprint density at radius 3 is 1.17 bits per heavy atom. The SMILES string of the molecule is Cc1cc(-c2c(C)cccc2C)c2nc(-c3cccc(-c4cccc[n+]4C)c3C)n(C)c2c1.Cc1cc(C)c2nc(-c3cc(-c4c(C)cccc4C)cc(-c4cccc[n+]4C)c3C)n(C)c2c1.Cc1cc2c(nc(-c3cccc(-c4cccc[n+]4C)c3C)n2C)c(C)c1-c1ccccc1. The number of hydrogen-bond donors (Lipinski definition) is 0. The van der Waals surface area contributed by atoms with Crippen molar-refractivity contribution in [3.8, 4) is 101 Å². The van der Waals surface area contributed by atoms with Gasteiger partial charge in [-0.15, -0.1) is 0 Å². The van der Waals surface area contributed by atoms with Crippen LogP contribution in [-0.4, -0.2) is 28.7 Å². The first-order valence-electron chi connectivity index (χ1n) is 34.4. The highest BCUT2D eigenvalue weighted by Crippen LogP contribution is 2.42. The van der Waals surface area contributed by atoms with Crippen LogP contribution < -0.4 is 13.7 Å². The summed E-state index contributed by atoms with van der Waals surface area (Å²) in [4.78, 5) is 15.6. The smallest absolute Gasteiger partial charge is 0.212 e. The second-order valence-electron chi connectivity index (χ2n) is 27.3. The molecule has 6 aromatic heterocycles. The summed E-state index contributed by atoms with van der Waals surface area (Å²) in [6, 6.07) is 71.7. The van der Waals surface area contributed by atoms with Gasteiger partial charge in [-0.05, 0) is 244 Å². The summed E-state index contributed by atoms with van der Waals surface area (Å²) >= 11 is 0. The standard InChI is InChI=1S/C31H32N3.C30H30N3.C29H28N3/c1-19-15-22(4)30-28(16-19)34(7)31(32-30)26-18-24(29-20(2)11-10-12-21(29)3)17-25(23(26)5)27-13-8-9-14-33(27)6;1-19-17-25(28-20(2)11-9-12-21(28)3)29-27(18-19)33(6)30(31-29)24-14-10-13-23(22(24)4)26-15-7-8-16-32(26)5;1-19-18-26-28(21(3)27(19)22-12-7-6-8-13-22)30-29(32(26)5)24-15-11-14-23(20(24)2)25-16-9-10-17-31(25)4/h8-18H,1-7H3;7-18H,1-6H3;6-18H,1-5H3/q3*+1. The summed E-state index contributed by atoms with van der Waals surface area (Å²) in [5.74, 6) is 3.01. The van der Waals surface area contributed by atoms with Gasteiger partial charge in [0.1, 0.15) is 38.6 Å². The van der Waals surface area contributed by atoms with Crippen molar-refractivity contribution in [3.63, 3.8) is 0 Å². The van der Waals surface area contributed by atoms with E-state index in [4.69, 9.17) is 15.0 Å². The topological polar surface area (TPSA) is 65.1 Å². The summed E-state index contributed by atoms with van der Waals surface area (Å²) in [6.07, 6.45) is 6.30. The first-order valence-corrected chi connectivity index (χ1v) is 34.4. The molecule has 0 unspecified atom stereocenters. The highest BCUT2D eigenvalue weighted by Gasteiger charge is 2.26. The zero-order valence-electron chi connectivity index (χ0n) is 60.8. The van der Waals surface area contributed by atoms with E-state index in [9.17, 15) is 0 Å². The third kappa shape index (κ3) is 12.3. The Balaban J connectivity index is 0.000000133. The molecule has 0 N–H and O–H groups in total. The van der Waals surface area contributed by atoms with Gasteiger partial charge in [0, 0.05) is 90.9 Å². The van der Waals surface area contributed by atoms with Gasteiger partial charge >= 0.3 is 0 Å². The third-order valence-corrected chi connectivity index (χ3v) is 20.4. The summed E-state index contributed by atoms with van der Waals surface area (Å²) in [7, 11) is 12.7. The predicted molar refractivity (Wildman–Crippen MR) is 411 cm³/mol. The van der Waals surface area contributed by atoms with Gasteiger partial charge in [0.05, 0.1) is 38.7 Å². The minimum atomic E-state index is 1.00. The van der Waals surface area contributed by atoms with Crippen molar-refractivity contribution in [2.24, 2.45) is 42.3 Å². The van der Waals surface area contributed by atoms with Crippen molar-refractivity contribution in [3.05, 3.63) is 286 Å². The van der Waals surface area contributed by atoms with E-state index in [2.05, 4.69) is 372 Å². The van der Waals surface area contributed by atoms with Crippen LogP contribution in [0.1, 0.15) is 66.8 Å². The van der Waals surface area contributed by atoms with E-state index < -0.39 is 0 Å². The molecule has 0 aliphatic rings. The molecule has 0 amide bonds. The predicted octanol–water partition coefficient (Wildman–Crippen LogP) is 19.9. The summed E-state index contributed by atoms with van der Waals surface area (Å²) in [6.45, 7) is 26.3. The maximum atomic E-state index is 5.26. The largest absolute Gasteiger partial charge is 0.327 e. The van der Waals surface area contributed by atoms with Crippen LogP contribution >= 0.6 is 0 Å². The third-order valence-electron chi connectivity index (χ3n) is 20.4. The first kappa shape index (κ1) is 66.5. The van der Waals surface area contributed by atoms with Crippen LogP contribution in [0, 0.1) is 83.1 Å². The van der Waals surface area contributed by atoms with Gasteiger partial charge < -0.3 is 13.7 Å². The average molecular weight is 1300 g/mol. The minimum Gasteiger partial charge on any atom is -0.327 e. The lowest BCUT2D eigenvalue weighted by Gasteiger charge is -2.16. The van der Waals surface area contributed by atoms with E-state index in [0.29, 0.717) is 0 Å². The van der Waals surface area contributed by atoms with Crippen LogP contribution in [0.15, 0.2) is 219 Å². The number of hydrogen-bond acceptors (Lipinski definition) is 3. The molecule has 0 saturated carbocycles. The van der Waals surface area contributed by atoms with Crippen molar-refractivity contribution < 1.29 is 13.7 Å². The van der Waals surface area contributed by atoms with Crippen LogP contribution in [0.4, 0.5) is 0 Å².